The third-order valence-electron chi connectivity index (χ3n) is 5.53. The Morgan fingerprint density at radius 3 is 2.80 bits per heavy atom. The molecule has 1 N–H and O–H groups in total. The van der Waals surface area contributed by atoms with Gasteiger partial charge in [0.15, 0.2) is 0 Å². The first-order valence-corrected chi connectivity index (χ1v) is 10.1. The molecule has 2 saturated heterocycles. The van der Waals surface area contributed by atoms with Gasteiger partial charge in [-0.2, -0.15) is 0 Å². The van der Waals surface area contributed by atoms with Crippen LogP contribution in [0.1, 0.15) is 25.0 Å². The second-order valence-corrected chi connectivity index (χ2v) is 7.87. The Bertz CT molecular complexity index is 1100. The first-order valence-electron chi connectivity index (χ1n) is 10.1. The molecular formula is C22H24N4O4. The summed E-state index contributed by atoms with van der Waals surface area (Å²) in [5, 5.41) is 3.73. The highest BCUT2D eigenvalue weighted by Crippen LogP contribution is 2.35. The maximum absolute atomic E-state index is 11.5. The number of amides is 1. The van der Waals surface area contributed by atoms with Crippen LogP contribution in [0.15, 0.2) is 30.6 Å². The fraction of sp³-hybridized carbons (Fsp3) is 0.409. The summed E-state index contributed by atoms with van der Waals surface area (Å²) in [5.74, 6) is 1.42. The van der Waals surface area contributed by atoms with E-state index in [4.69, 9.17) is 19.2 Å². The smallest absolute Gasteiger partial charge is 0.222 e. The van der Waals surface area contributed by atoms with Crippen molar-refractivity contribution in [2.75, 3.05) is 31.7 Å². The number of nitrogens with one attached hydrogen (secondary N) is 1. The number of pyridine rings is 2. The number of carbonyl (C=O) groups is 1. The summed E-state index contributed by atoms with van der Waals surface area (Å²) in [6.45, 7) is 4.12. The second kappa shape index (κ2) is 7.70. The number of aromatic nitrogens is 3. The van der Waals surface area contributed by atoms with Gasteiger partial charge in [0.25, 0.3) is 0 Å². The van der Waals surface area contributed by atoms with E-state index in [1.54, 1.807) is 6.20 Å². The fourth-order valence-electron chi connectivity index (χ4n) is 3.91. The lowest BCUT2D eigenvalue weighted by Gasteiger charge is -2.27. The summed E-state index contributed by atoms with van der Waals surface area (Å²) in [7, 11) is 1.98. The molecule has 0 saturated carbocycles. The van der Waals surface area contributed by atoms with Crippen LogP contribution in [0, 0.1) is 0 Å². The van der Waals surface area contributed by atoms with Gasteiger partial charge >= 0.3 is 0 Å². The molecular weight excluding hydrogens is 384 g/mol. The Balaban J connectivity index is 1.60. The normalized spacial score (nSPS) is 19.1. The van der Waals surface area contributed by atoms with Gasteiger partial charge in [-0.05, 0) is 12.5 Å². The van der Waals surface area contributed by atoms with Gasteiger partial charge in [0.2, 0.25) is 5.91 Å². The van der Waals surface area contributed by atoms with E-state index >= 15 is 0 Å². The highest BCUT2D eigenvalue weighted by atomic mass is 16.6. The predicted molar refractivity (Wildman–Crippen MR) is 112 cm³/mol. The third kappa shape index (κ3) is 3.64. The maximum atomic E-state index is 11.5. The van der Waals surface area contributed by atoms with Crippen LogP contribution < -0.4 is 10.1 Å². The number of carbonyl (C=O) groups excluding carboxylic acids is 1. The van der Waals surface area contributed by atoms with Crippen LogP contribution in [0.5, 0.6) is 5.75 Å². The van der Waals surface area contributed by atoms with Gasteiger partial charge in [0.1, 0.15) is 17.7 Å². The third-order valence-corrected chi connectivity index (χ3v) is 5.53. The van der Waals surface area contributed by atoms with Crippen molar-refractivity contribution in [3.63, 3.8) is 0 Å². The van der Waals surface area contributed by atoms with Crippen molar-refractivity contribution >= 4 is 22.6 Å². The van der Waals surface area contributed by atoms with E-state index in [0.29, 0.717) is 25.6 Å². The van der Waals surface area contributed by atoms with Crippen LogP contribution in [0.3, 0.4) is 0 Å². The van der Waals surface area contributed by atoms with E-state index < -0.39 is 0 Å². The molecule has 0 aromatic carbocycles. The van der Waals surface area contributed by atoms with Crippen molar-refractivity contribution in [2.24, 2.45) is 7.05 Å². The molecule has 30 heavy (non-hydrogen) atoms. The summed E-state index contributed by atoms with van der Waals surface area (Å²) in [6, 6.07) is 5.89. The van der Waals surface area contributed by atoms with Crippen molar-refractivity contribution < 1.29 is 19.0 Å². The molecule has 3 aromatic heterocycles. The van der Waals surface area contributed by atoms with Gasteiger partial charge in [-0.15, -0.1) is 0 Å². The van der Waals surface area contributed by atoms with Gasteiger partial charge in [0.05, 0.1) is 42.9 Å². The summed E-state index contributed by atoms with van der Waals surface area (Å²) in [4.78, 5) is 20.8. The van der Waals surface area contributed by atoms with Gasteiger partial charge in [0, 0.05) is 55.8 Å². The number of hydrogen-bond donors (Lipinski definition) is 1. The van der Waals surface area contributed by atoms with Gasteiger partial charge in [-0.1, -0.05) is 0 Å². The first kappa shape index (κ1) is 19.0. The molecule has 8 nitrogen and oxygen atoms in total. The van der Waals surface area contributed by atoms with Crippen molar-refractivity contribution in [1.29, 1.82) is 0 Å². The van der Waals surface area contributed by atoms with Crippen LogP contribution >= 0.6 is 0 Å². The van der Waals surface area contributed by atoms with Gasteiger partial charge < -0.3 is 24.1 Å². The van der Waals surface area contributed by atoms with Crippen LogP contribution in [0.25, 0.3) is 22.2 Å². The van der Waals surface area contributed by atoms with Crippen molar-refractivity contribution in [1.82, 2.24) is 14.5 Å². The Kier molecular flexibility index (Phi) is 4.88. The maximum Gasteiger partial charge on any atom is 0.222 e. The van der Waals surface area contributed by atoms with Crippen molar-refractivity contribution in [2.45, 2.75) is 25.4 Å². The Labute approximate surface area is 174 Å². The lowest BCUT2D eigenvalue weighted by molar-refractivity contribution is -0.114. The van der Waals surface area contributed by atoms with Crippen LogP contribution in [0.4, 0.5) is 5.82 Å². The minimum atomic E-state index is -0.154. The Morgan fingerprint density at radius 1 is 1.23 bits per heavy atom. The quantitative estimate of drug-likeness (QED) is 0.699. The predicted octanol–water partition coefficient (Wildman–Crippen LogP) is 2.88. The van der Waals surface area contributed by atoms with Crippen LogP contribution in [0.2, 0.25) is 0 Å². The SMILES string of the molecule is CC(=O)Nc1cc2c(-c3cc(OC4COC4)cc(C4CCOC4)n3)cn(C)c2cn1. The van der Waals surface area contributed by atoms with Gasteiger partial charge in [-0.25, -0.2) is 4.98 Å². The summed E-state index contributed by atoms with van der Waals surface area (Å²) in [5.41, 5.74) is 3.75. The minimum absolute atomic E-state index is 0.0796. The second-order valence-electron chi connectivity index (χ2n) is 7.87. The van der Waals surface area contributed by atoms with E-state index in [1.165, 1.54) is 6.92 Å². The molecule has 0 spiro atoms. The molecule has 1 amide bonds. The summed E-state index contributed by atoms with van der Waals surface area (Å²) < 4.78 is 19.0. The molecule has 0 bridgehead atoms. The average Bonchev–Trinajstić information content (AvgIpc) is 3.33. The molecule has 8 heteroatoms. The van der Waals surface area contributed by atoms with E-state index in [0.717, 1.165) is 46.6 Å². The topological polar surface area (TPSA) is 87.5 Å². The minimum Gasteiger partial charge on any atom is -0.485 e. The van der Waals surface area contributed by atoms with Crippen LogP contribution in [-0.4, -0.2) is 53.0 Å². The number of aryl methyl sites for hydroxylation is 1. The molecule has 156 valence electrons. The highest BCUT2D eigenvalue weighted by molar-refractivity contribution is 5.98. The molecule has 3 aromatic rings. The highest BCUT2D eigenvalue weighted by Gasteiger charge is 2.24. The van der Waals surface area contributed by atoms with Crippen molar-refractivity contribution in [3.05, 3.63) is 36.3 Å². The summed E-state index contributed by atoms with van der Waals surface area (Å²) in [6.07, 6.45) is 4.84. The van der Waals surface area contributed by atoms with E-state index in [1.807, 2.05) is 36.0 Å². The standard InChI is InChI=1S/C22H24N4O4/c1-13(27)24-22-7-17-18(9-26(2)21(17)8-23-22)20-6-15(30-16-11-29-12-16)5-19(25-20)14-3-4-28-10-14/h5-9,14,16H,3-4,10-12H2,1-2H3,(H,23,24,27). The molecule has 1 unspecified atom stereocenters. The first-order chi connectivity index (χ1) is 14.6. The van der Waals surface area contributed by atoms with E-state index in [2.05, 4.69) is 10.3 Å². The van der Waals surface area contributed by atoms with Gasteiger partial charge in [-0.3, -0.25) is 9.78 Å². The molecule has 2 aliphatic rings. The monoisotopic (exact) mass is 408 g/mol. The molecule has 0 radical (unpaired) electrons. The molecule has 2 aliphatic heterocycles. The van der Waals surface area contributed by atoms with Crippen molar-refractivity contribution in [3.8, 4) is 17.0 Å². The Morgan fingerprint density at radius 2 is 2.10 bits per heavy atom. The molecule has 2 fully saturated rings. The average molecular weight is 408 g/mol. The lowest BCUT2D eigenvalue weighted by atomic mass is 10.0. The zero-order valence-corrected chi connectivity index (χ0v) is 17.1. The number of hydrogen-bond acceptors (Lipinski definition) is 6. The Hall–Kier alpha value is -2.97. The molecule has 1 atom stereocenters. The van der Waals surface area contributed by atoms with E-state index in [-0.39, 0.29) is 17.9 Å². The molecule has 5 rings (SSSR count). The number of nitrogens with zero attached hydrogens (tertiary/aromatic N) is 3. The number of ether oxygens (including phenoxy) is 3. The molecule has 0 aliphatic carbocycles. The summed E-state index contributed by atoms with van der Waals surface area (Å²) >= 11 is 0. The number of anilines is 1. The molecule has 5 heterocycles. The lowest BCUT2D eigenvalue weighted by Crippen LogP contribution is -2.38. The number of fused-ring (bicyclic) bond motifs is 1. The number of rotatable bonds is 5. The fourth-order valence-corrected chi connectivity index (χ4v) is 3.91. The van der Waals surface area contributed by atoms with Crippen LogP contribution in [-0.2, 0) is 21.3 Å². The zero-order chi connectivity index (χ0) is 20.7. The zero-order valence-electron chi connectivity index (χ0n) is 17.1. The van der Waals surface area contributed by atoms with E-state index in [9.17, 15) is 4.79 Å². The largest absolute Gasteiger partial charge is 0.485 e.